The van der Waals surface area contributed by atoms with E-state index in [4.69, 9.17) is 0 Å². The van der Waals surface area contributed by atoms with Crippen LogP contribution in [-0.2, 0) is 19.2 Å². The molecule has 0 aromatic heterocycles. The molecule has 33 heavy (non-hydrogen) atoms. The van der Waals surface area contributed by atoms with E-state index in [9.17, 15) is 24.3 Å². The zero-order chi connectivity index (χ0) is 24.4. The number of carbonyl (C=O) groups is 4. The normalized spacial score (nSPS) is 29.7. The number of likely N-dealkylation sites (N-methyl/N-ethyl adjacent to an activating group) is 1. The molecule has 2 fully saturated rings. The Balaban J connectivity index is 1.68. The van der Waals surface area contributed by atoms with Crippen LogP contribution in [0, 0.1) is 17.8 Å². The van der Waals surface area contributed by atoms with E-state index >= 15 is 0 Å². The van der Waals surface area contributed by atoms with Gasteiger partial charge in [0, 0.05) is 43.1 Å². The van der Waals surface area contributed by atoms with Gasteiger partial charge in [0.2, 0.25) is 11.8 Å². The number of hydrogen-bond donors (Lipinski definition) is 3. The number of Topliss-reactive ketones (excluding diaryl/α,β-unsaturated/α-hetero) is 1. The maximum Gasteiger partial charge on any atom is 0.353 e. The first-order valence-corrected chi connectivity index (χ1v) is 12.6. The number of hydrogen-bond acceptors (Lipinski definition) is 7. The fourth-order valence-electron chi connectivity index (χ4n) is 5.20. The smallest absolute Gasteiger partial charge is 0.353 e. The number of carboxylic acids is 1. The van der Waals surface area contributed by atoms with Crippen LogP contribution in [0.3, 0.4) is 0 Å². The summed E-state index contributed by atoms with van der Waals surface area (Å²) < 4.78 is 0. The van der Waals surface area contributed by atoms with E-state index < -0.39 is 5.97 Å². The molecule has 0 aromatic rings. The highest BCUT2D eigenvalue weighted by molar-refractivity contribution is 8.03. The van der Waals surface area contributed by atoms with Crippen molar-refractivity contribution >= 4 is 35.3 Å². The standard InChI is InChI=1S/C23H36N4O5S/c1-6-7-24-10-14(28)8-12(2)17-18-13(3)20(19(23(31)32)27(18)22(17)30)33-15-9-16(25-11-15)21(29)26(4)5/h12-13,15-18,24-25H,6-11H2,1-5H3,(H,31,32)/t12-,13+,15?,16?,17+,18-/m0/s1. The number of carbonyl (C=O) groups excluding carboxylic acids is 3. The molecule has 10 heteroatoms. The van der Waals surface area contributed by atoms with Crippen LogP contribution in [0.4, 0.5) is 0 Å². The highest BCUT2D eigenvalue weighted by atomic mass is 32.2. The minimum absolute atomic E-state index is 0.0102. The summed E-state index contributed by atoms with van der Waals surface area (Å²) in [6.07, 6.45) is 1.86. The zero-order valence-corrected chi connectivity index (χ0v) is 20.9. The Bertz CT molecular complexity index is 845. The van der Waals surface area contributed by atoms with Gasteiger partial charge in [-0.05, 0) is 25.3 Å². The van der Waals surface area contributed by atoms with Crippen LogP contribution in [0.5, 0.6) is 0 Å². The summed E-state index contributed by atoms with van der Waals surface area (Å²) in [5.74, 6) is -1.84. The van der Waals surface area contributed by atoms with Crippen molar-refractivity contribution in [1.82, 2.24) is 20.4 Å². The number of nitrogens with one attached hydrogen (secondary N) is 2. The van der Waals surface area contributed by atoms with Crippen LogP contribution in [-0.4, -0.2) is 89.5 Å². The number of thioether (sulfide) groups is 1. The van der Waals surface area contributed by atoms with Crippen molar-refractivity contribution in [2.24, 2.45) is 17.8 Å². The second-order valence-electron chi connectivity index (χ2n) is 9.60. The molecule has 0 bridgehead atoms. The number of nitrogens with zero attached hydrogens (tertiary/aromatic N) is 2. The molecule has 2 saturated heterocycles. The van der Waals surface area contributed by atoms with Crippen LogP contribution in [0.1, 0.15) is 40.0 Å². The predicted octanol–water partition coefficient (Wildman–Crippen LogP) is 0.906. The molecular formula is C23H36N4O5S. The van der Waals surface area contributed by atoms with Crippen LogP contribution >= 0.6 is 11.8 Å². The second kappa shape index (κ2) is 10.6. The van der Waals surface area contributed by atoms with Crippen molar-refractivity contribution in [3.63, 3.8) is 0 Å². The fraction of sp³-hybridized carbons (Fsp3) is 0.739. The Kier molecular flexibility index (Phi) is 8.23. The monoisotopic (exact) mass is 480 g/mol. The third kappa shape index (κ3) is 5.12. The minimum atomic E-state index is -1.10. The lowest BCUT2D eigenvalue weighted by atomic mass is 9.73. The Hall–Kier alpha value is -1.91. The first-order valence-electron chi connectivity index (χ1n) is 11.7. The van der Waals surface area contributed by atoms with E-state index in [2.05, 4.69) is 10.6 Å². The van der Waals surface area contributed by atoms with Gasteiger partial charge in [0.1, 0.15) is 11.5 Å². The van der Waals surface area contributed by atoms with Crippen molar-refractivity contribution < 1.29 is 24.3 Å². The van der Waals surface area contributed by atoms with Crippen molar-refractivity contribution in [2.45, 2.75) is 57.4 Å². The highest BCUT2D eigenvalue weighted by Crippen LogP contribution is 2.53. The summed E-state index contributed by atoms with van der Waals surface area (Å²) in [5.41, 5.74) is 0.0734. The van der Waals surface area contributed by atoms with Crippen LogP contribution < -0.4 is 10.6 Å². The molecular weight excluding hydrogens is 444 g/mol. The third-order valence-corrected chi connectivity index (χ3v) is 8.34. The molecule has 9 nitrogen and oxygen atoms in total. The summed E-state index contributed by atoms with van der Waals surface area (Å²) in [5, 5.41) is 16.3. The van der Waals surface area contributed by atoms with Crippen molar-refractivity contribution in [3.8, 4) is 0 Å². The first kappa shape index (κ1) is 25.7. The van der Waals surface area contributed by atoms with E-state index in [0.717, 1.165) is 13.0 Å². The second-order valence-corrected chi connectivity index (χ2v) is 10.9. The van der Waals surface area contributed by atoms with Gasteiger partial charge in [-0.15, -0.1) is 11.8 Å². The van der Waals surface area contributed by atoms with E-state index in [1.165, 1.54) is 16.7 Å². The van der Waals surface area contributed by atoms with E-state index in [1.54, 1.807) is 19.0 Å². The summed E-state index contributed by atoms with van der Waals surface area (Å²) in [6, 6.07) is -0.507. The number of amides is 2. The summed E-state index contributed by atoms with van der Waals surface area (Å²) in [6.45, 7) is 7.60. The van der Waals surface area contributed by atoms with Gasteiger partial charge in [0.15, 0.2) is 0 Å². The van der Waals surface area contributed by atoms with Crippen molar-refractivity contribution in [1.29, 1.82) is 0 Å². The quantitative estimate of drug-likeness (QED) is 0.295. The maximum absolute atomic E-state index is 13.0. The van der Waals surface area contributed by atoms with E-state index in [0.29, 0.717) is 30.8 Å². The fourth-order valence-corrected chi connectivity index (χ4v) is 6.68. The van der Waals surface area contributed by atoms with Crippen LogP contribution in [0.25, 0.3) is 0 Å². The topological polar surface area (TPSA) is 119 Å². The zero-order valence-electron chi connectivity index (χ0n) is 20.1. The SMILES string of the molecule is CCCNCC(=O)C[C@H](C)[C@H]1C(=O)N2C(C(=O)O)=C(SC3CNC(C(=O)N(C)C)C3)[C@H](C)[C@@H]12. The molecule has 3 aliphatic rings. The van der Waals surface area contributed by atoms with Gasteiger partial charge in [-0.2, -0.15) is 0 Å². The summed E-state index contributed by atoms with van der Waals surface area (Å²) in [7, 11) is 3.44. The first-order chi connectivity index (χ1) is 15.6. The number of fused-ring (bicyclic) bond motifs is 1. The third-order valence-electron chi connectivity index (χ3n) is 6.83. The molecule has 3 aliphatic heterocycles. The highest BCUT2D eigenvalue weighted by Gasteiger charge is 2.60. The summed E-state index contributed by atoms with van der Waals surface area (Å²) in [4.78, 5) is 53.4. The maximum atomic E-state index is 13.0. The minimum Gasteiger partial charge on any atom is -0.477 e. The lowest BCUT2D eigenvalue weighted by molar-refractivity contribution is -0.160. The Labute approximate surface area is 199 Å². The molecule has 184 valence electrons. The van der Waals surface area contributed by atoms with Gasteiger partial charge >= 0.3 is 5.97 Å². The lowest BCUT2D eigenvalue weighted by Gasteiger charge is -2.47. The molecule has 3 rings (SSSR count). The molecule has 0 aromatic carbocycles. The number of β-lactam (4-membered cyclic amide) rings is 1. The van der Waals surface area contributed by atoms with Gasteiger partial charge in [0.05, 0.1) is 24.5 Å². The molecule has 0 radical (unpaired) electrons. The number of ketones is 1. The Morgan fingerprint density at radius 2 is 2.03 bits per heavy atom. The average molecular weight is 481 g/mol. The van der Waals surface area contributed by atoms with Gasteiger partial charge in [-0.3, -0.25) is 14.4 Å². The number of carboxylic acid groups (broad SMARTS) is 1. The molecule has 2 unspecified atom stereocenters. The van der Waals surface area contributed by atoms with E-state index in [-0.39, 0.29) is 58.4 Å². The van der Waals surface area contributed by atoms with Crippen LogP contribution in [0.15, 0.2) is 10.6 Å². The van der Waals surface area contributed by atoms with Crippen LogP contribution in [0.2, 0.25) is 0 Å². The number of aliphatic carboxylic acids is 1. The van der Waals surface area contributed by atoms with Gasteiger partial charge in [0.25, 0.3) is 0 Å². The van der Waals surface area contributed by atoms with Gasteiger partial charge in [-0.25, -0.2) is 4.79 Å². The Morgan fingerprint density at radius 1 is 1.33 bits per heavy atom. The molecule has 0 saturated carbocycles. The van der Waals surface area contributed by atoms with Gasteiger partial charge in [-0.1, -0.05) is 20.8 Å². The molecule has 0 spiro atoms. The molecule has 3 heterocycles. The Morgan fingerprint density at radius 3 is 2.64 bits per heavy atom. The lowest BCUT2D eigenvalue weighted by Crippen LogP contribution is -2.62. The van der Waals surface area contributed by atoms with Crippen molar-refractivity contribution in [3.05, 3.63) is 10.6 Å². The molecule has 3 N–H and O–H groups in total. The molecule has 2 amide bonds. The average Bonchev–Trinajstić information content (AvgIpc) is 3.29. The van der Waals surface area contributed by atoms with E-state index in [1.807, 2.05) is 20.8 Å². The van der Waals surface area contributed by atoms with Crippen molar-refractivity contribution in [2.75, 3.05) is 33.7 Å². The predicted molar refractivity (Wildman–Crippen MR) is 126 cm³/mol. The molecule has 6 atom stereocenters. The number of rotatable bonds is 11. The largest absolute Gasteiger partial charge is 0.477 e. The molecule has 0 aliphatic carbocycles. The van der Waals surface area contributed by atoms with Gasteiger partial charge < -0.3 is 25.5 Å². The summed E-state index contributed by atoms with van der Waals surface area (Å²) >= 11 is 1.48.